The van der Waals surface area contributed by atoms with Crippen LogP contribution in [0.2, 0.25) is 10.0 Å². The van der Waals surface area contributed by atoms with Gasteiger partial charge in [-0.05, 0) is 24.6 Å². The van der Waals surface area contributed by atoms with Crippen molar-refractivity contribution >= 4 is 61.6 Å². The molecule has 3 rings (SSSR count). The SMILES string of the molecule is CC[C@H](C)C(=O)N=C1S[C@H]2CS(=O)(=O)C[C@H]2N1c1cc(Cl)ccc1Cl. The number of amidine groups is 1. The van der Waals surface area contributed by atoms with Gasteiger partial charge in [0.2, 0.25) is 0 Å². The van der Waals surface area contributed by atoms with Crippen LogP contribution < -0.4 is 4.90 Å². The van der Waals surface area contributed by atoms with Crippen molar-refractivity contribution in [1.82, 2.24) is 0 Å². The van der Waals surface area contributed by atoms with Crippen LogP contribution in [0.5, 0.6) is 0 Å². The molecule has 0 saturated carbocycles. The van der Waals surface area contributed by atoms with Gasteiger partial charge in [0.05, 0.1) is 28.3 Å². The number of aliphatic imine (C=N–C) groups is 1. The van der Waals surface area contributed by atoms with E-state index >= 15 is 0 Å². The summed E-state index contributed by atoms with van der Waals surface area (Å²) in [5, 5.41) is 1.27. The third-order valence-electron chi connectivity index (χ3n) is 4.47. The molecule has 2 saturated heterocycles. The summed E-state index contributed by atoms with van der Waals surface area (Å²) in [7, 11) is -3.12. The van der Waals surface area contributed by atoms with Gasteiger partial charge in [-0.1, -0.05) is 48.8 Å². The first kappa shape index (κ1) is 19.0. The van der Waals surface area contributed by atoms with Crippen LogP contribution in [0.3, 0.4) is 0 Å². The number of rotatable bonds is 3. The Hall–Kier alpha value is -0.760. The molecule has 2 aliphatic heterocycles. The summed E-state index contributed by atoms with van der Waals surface area (Å²) in [5.41, 5.74) is 0.585. The van der Waals surface area contributed by atoms with E-state index in [1.165, 1.54) is 11.8 Å². The number of fused-ring (bicyclic) bond motifs is 1. The van der Waals surface area contributed by atoms with Gasteiger partial charge in [-0.15, -0.1) is 0 Å². The molecular weight excluding hydrogens is 403 g/mol. The lowest BCUT2D eigenvalue weighted by atomic mass is 10.1. The number of nitrogens with zero attached hydrogens (tertiary/aromatic N) is 2. The first-order chi connectivity index (χ1) is 11.7. The summed E-state index contributed by atoms with van der Waals surface area (Å²) in [4.78, 5) is 18.3. The lowest BCUT2D eigenvalue weighted by Gasteiger charge is -2.25. The van der Waals surface area contributed by atoms with E-state index in [4.69, 9.17) is 23.2 Å². The van der Waals surface area contributed by atoms with Gasteiger partial charge in [0.1, 0.15) is 0 Å². The molecule has 0 aliphatic carbocycles. The first-order valence-electron chi connectivity index (χ1n) is 7.95. The Morgan fingerprint density at radius 2 is 2.12 bits per heavy atom. The molecule has 0 aromatic heterocycles. The van der Waals surface area contributed by atoms with E-state index in [9.17, 15) is 13.2 Å². The number of carbonyl (C=O) groups excluding carboxylic acids is 1. The van der Waals surface area contributed by atoms with Gasteiger partial charge in [0.25, 0.3) is 5.91 Å². The molecule has 1 aromatic rings. The van der Waals surface area contributed by atoms with Crippen LogP contribution in [0.15, 0.2) is 23.2 Å². The molecule has 3 atom stereocenters. The molecule has 2 fully saturated rings. The van der Waals surface area contributed by atoms with Crippen molar-refractivity contribution in [1.29, 1.82) is 0 Å². The number of sulfone groups is 1. The zero-order valence-corrected chi connectivity index (χ0v) is 16.9. The van der Waals surface area contributed by atoms with Crippen LogP contribution in [-0.2, 0) is 14.6 Å². The Morgan fingerprint density at radius 1 is 1.40 bits per heavy atom. The van der Waals surface area contributed by atoms with Crippen LogP contribution in [0.25, 0.3) is 0 Å². The van der Waals surface area contributed by atoms with Crippen molar-refractivity contribution in [3.63, 3.8) is 0 Å². The highest BCUT2D eigenvalue weighted by Crippen LogP contribution is 2.43. The number of carbonyl (C=O) groups is 1. The van der Waals surface area contributed by atoms with Crippen LogP contribution in [0.1, 0.15) is 20.3 Å². The van der Waals surface area contributed by atoms with Crippen molar-refractivity contribution in [2.45, 2.75) is 31.6 Å². The number of amides is 1. The molecule has 0 N–H and O–H groups in total. The predicted molar refractivity (Wildman–Crippen MR) is 105 cm³/mol. The Labute approximate surface area is 161 Å². The third kappa shape index (κ3) is 3.84. The highest BCUT2D eigenvalue weighted by Gasteiger charge is 2.49. The van der Waals surface area contributed by atoms with Gasteiger partial charge in [0.15, 0.2) is 15.0 Å². The number of hydrogen-bond donors (Lipinski definition) is 0. The van der Waals surface area contributed by atoms with E-state index in [-0.39, 0.29) is 34.6 Å². The molecule has 0 radical (unpaired) electrons. The Morgan fingerprint density at radius 3 is 2.80 bits per heavy atom. The topological polar surface area (TPSA) is 66.8 Å². The fourth-order valence-corrected chi connectivity index (χ4v) is 7.18. The Kier molecular flexibility index (Phi) is 5.40. The second-order valence-corrected chi connectivity index (χ2v) is 10.5. The summed E-state index contributed by atoms with van der Waals surface area (Å²) in [6.07, 6.45) is 0.694. The van der Waals surface area contributed by atoms with Crippen LogP contribution >= 0.6 is 35.0 Å². The van der Waals surface area contributed by atoms with E-state index in [1.807, 2.05) is 13.8 Å². The quantitative estimate of drug-likeness (QED) is 0.746. The van der Waals surface area contributed by atoms with E-state index < -0.39 is 9.84 Å². The number of halogens is 2. The van der Waals surface area contributed by atoms with E-state index in [0.717, 1.165) is 0 Å². The maximum atomic E-state index is 12.3. The average molecular weight is 421 g/mol. The summed E-state index contributed by atoms with van der Waals surface area (Å²) in [6, 6.07) is 4.71. The van der Waals surface area contributed by atoms with Gasteiger partial charge in [-0.2, -0.15) is 4.99 Å². The van der Waals surface area contributed by atoms with Gasteiger partial charge >= 0.3 is 0 Å². The zero-order valence-electron chi connectivity index (χ0n) is 13.8. The summed E-state index contributed by atoms with van der Waals surface area (Å²) in [5.74, 6) is -0.303. The van der Waals surface area contributed by atoms with Gasteiger partial charge in [-0.3, -0.25) is 4.79 Å². The Bertz CT molecular complexity index is 842. The number of thioether (sulfide) groups is 1. The molecule has 2 heterocycles. The normalized spacial score (nSPS) is 27.5. The average Bonchev–Trinajstić information content (AvgIpc) is 3.00. The smallest absolute Gasteiger partial charge is 0.250 e. The molecule has 25 heavy (non-hydrogen) atoms. The monoisotopic (exact) mass is 420 g/mol. The molecule has 136 valence electrons. The standard InChI is InChI=1S/C16H18Cl2N2O3S2/c1-3-9(2)15(21)19-16-20(12-6-10(17)4-5-11(12)18)13-7-25(22,23)8-14(13)24-16/h4-6,9,13-14H,3,7-8H2,1-2H3/t9-,13+,14-/m0/s1. The molecule has 0 unspecified atom stereocenters. The Balaban J connectivity index is 2.05. The predicted octanol–water partition coefficient (Wildman–Crippen LogP) is 3.64. The fourth-order valence-electron chi connectivity index (χ4n) is 2.90. The van der Waals surface area contributed by atoms with Gasteiger partial charge in [0, 0.05) is 16.2 Å². The summed E-state index contributed by atoms with van der Waals surface area (Å²) in [6.45, 7) is 3.76. The maximum Gasteiger partial charge on any atom is 0.250 e. The fraction of sp³-hybridized carbons (Fsp3) is 0.500. The maximum absolute atomic E-state index is 12.3. The molecule has 0 spiro atoms. The van der Waals surface area contributed by atoms with Crippen LogP contribution in [0, 0.1) is 5.92 Å². The van der Waals surface area contributed by atoms with E-state index in [0.29, 0.717) is 27.3 Å². The zero-order chi connectivity index (χ0) is 18.4. The largest absolute Gasteiger partial charge is 0.314 e. The number of hydrogen-bond acceptors (Lipinski definition) is 4. The number of anilines is 1. The summed E-state index contributed by atoms with van der Waals surface area (Å²) < 4.78 is 24.1. The highest BCUT2D eigenvalue weighted by molar-refractivity contribution is 8.16. The van der Waals surface area contributed by atoms with Crippen LogP contribution in [-0.4, -0.2) is 42.3 Å². The minimum atomic E-state index is -3.12. The lowest BCUT2D eigenvalue weighted by Crippen LogP contribution is -2.38. The van der Waals surface area contributed by atoms with Crippen molar-refractivity contribution in [3.05, 3.63) is 28.2 Å². The third-order valence-corrected chi connectivity index (χ3v) is 8.24. The van der Waals surface area contributed by atoms with Crippen molar-refractivity contribution in [2.24, 2.45) is 10.9 Å². The van der Waals surface area contributed by atoms with Crippen LogP contribution in [0.4, 0.5) is 5.69 Å². The van der Waals surface area contributed by atoms with Gasteiger partial charge < -0.3 is 4.90 Å². The lowest BCUT2D eigenvalue weighted by molar-refractivity contribution is -0.121. The molecular formula is C16H18Cl2N2O3S2. The number of benzene rings is 1. The highest BCUT2D eigenvalue weighted by atomic mass is 35.5. The second-order valence-electron chi connectivity index (χ2n) is 6.31. The molecule has 1 amide bonds. The first-order valence-corrected chi connectivity index (χ1v) is 11.4. The second kappa shape index (κ2) is 7.10. The van der Waals surface area contributed by atoms with E-state index in [1.54, 1.807) is 23.1 Å². The molecule has 0 bridgehead atoms. The van der Waals surface area contributed by atoms with Crippen molar-refractivity contribution < 1.29 is 13.2 Å². The summed E-state index contributed by atoms with van der Waals surface area (Å²) >= 11 is 13.8. The van der Waals surface area contributed by atoms with Gasteiger partial charge in [-0.25, -0.2) is 8.42 Å². The molecule has 1 aromatic carbocycles. The minimum absolute atomic E-state index is 0.0179. The van der Waals surface area contributed by atoms with E-state index in [2.05, 4.69) is 4.99 Å². The molecule has 5 nitrogen and oxygen atoms in total. The molecule has 2 aliphatic rings. The minimum Gasteiger partial charge on any atom is -0.314 e. The molecule has 9 heteroatoms. The van der Waals surface area contributed by atoms with Crippen molar-refractivity contribution in [3.8, 4) is 0 Å². The van der Waals surface area contributed by atoms with Crippen molar-refractivity contribution in [2.75, 3.05) is 16.4 Å².